The monoisotopic (exact) mass is 277 g/mol. The molecule has 1 N–H and O–H groups in total. The number of pyridine rings is 1. The molecule has 1 aromatic heterocycles. The summed E-state index contributed by atoms with van der Waals surface area (Å²) in [5.74, 6) is 0.00505. The van der Waals surface area contributed by atoms with Crippen LogP contribution in [0.15, 0.2) is 35.5 Å². The summed E-state index contributed by atoms with van der Waals surface area (Å²) in [5.41, 5.74) is 0. The van der Waals surface area contributed by atoms with E-state index in [-0.39, 0.29) is 11.7 Å². The fraction of sp³-hybridized carbons (Fsp3) is 0.286. The van der Waals surface area contributed by atoms with Gasteiger partial charge in [-0.3, -0.25) is 4.79 Å². The molecule has 2 aromatic rings. The van der Waals surface area contributed by atoms with E-state index in [9.17, 15) is 4.79 Å². The van der Waals surface area contributed by atoms with Crippen LogP contribution in [0.25, 0.3) is 10.8 Å². The molecule has 2 rings (SSSR count). The molecule has 100 valence electrons. The normalized spacial score (nSPS) is 12.3. The van der Waals surface area contributed by atoms with E-state index >= 15 is 0 Å². The van der Waals surface area contributed by atoms with Gasteiger partial charge >= 0.3 is 5.97 Å². The third kappa shape index (κ3) is 3.17. The lowest BCUT2D eigenvalue weighted by molar-refractivity contribution is -0.136. The van der Waals surface area contributed by atoms with Crippen molar-refractivity contribution in [3.63, 3.8) is 0 Å². The van der Waals surface area contributed by atoms with Crippen LogP contribution in [0.2, 0.25) is 0 Å². The summed E-state index contributed by atoms with van der Waals surface area (Å²) in [5, 5.41) is 11.6. The molecule has 0 aliphatic rings. The second kappa shape index (κ2) is 5.93. The van der Waals surface area contributed by atoms with Gasteiger partial charge in [-0.25, -0.2) is 4.98 Å². The van der Waals surface area contributed by atoms with E-state index in [1.807, 2.05) is 31.2 Å². The molecule has 1 unspecified atom stereocenters. The van der Waals surface area contributed by atoms with Crippen molar-refractivity contribution in [2.75, 3.05) is 7.11 Å². The summed E-state index contributed by atoms with van der Waals surface area (Å²) < 4.78 is 5.32. The number of aromatic nitrogens is 1. The molecule has 0 bridgehead atoms. The predicted octanol–water partition coefficient (Wildman–Crippen LogP) is 3.20. The van der Waals surface area contributed by atoms with Crippen LogP contribution in [-0.4, -0.2) is 28.4 Å². The molecule has 0 saturated carbocycles. The Balaban J connectivity index is 2.36. The van der Waals surface area contributed by atoms with Crippen molar-refractivity contribution >= 4 is 28.5 Å². The number of nitrogens with zero attached hydrogens (tertiary/aromatic N) is 1. The molecular formula is C14H15NO3S. The molecule has 0 fully saturated rings. The van der Waals surface area contributed by atoms with Crippen molar-refractivity contribution in [1.29, 1.82) is 0 Å². The fourth-order valence-electron chi connectivity index (χ4n) is 1.90. The van der Waals surface area contributed by atoms with Crippen LogP contribution < -0.4 is 4.74 Å². The molecule has 1 heterocycles. The van der Waals surface area contributed by atoms with E-state index in [4.69, 9.17) is 9.84 Å². The number of hydrogen-bond acceptors (Lipinski definition) is 4. The van der Waals surface area contributed by atoms with E-state index in [0.29, 0.717) is 0 Å². The largest absolute Gasteiger partial charge is 0.496 e. The highest BCUT2D eigenvalue weighted by Crippen LogP contribution is 2.33. The Morgan fingerprint density at radius 1 is 1.42 bits per heavy atom. The number of carboxylic acid groups (broad SMARTS) is 1. The fourth-order valence-corrected chi connectivity index (χ4v) is 2.94. The van der Waals surface area contributed by atoms with Crippen LogP contribution in [-0.2, 0) is 4.79 Å². The van der Waals surface area contributed by atoms with E-state index in [0.717, 1.165) is 21.5 Å². The van der Waals surface area contributed by atoms with Crippen molar-refractivity contribution in [2.24, 2.45) is 0 Å². The van der Waals surface area contributed by atoms with Gasteiger partial charge in [0, 0.05) is 22.2 Å². The summed E-state index contributed by atoms with van der Waals surface area (Å²) in [6, 6.07) is 7.69. The minimum Gasteiger partial charge on any atom is -0.496 e. The molecule has 4 nitrogen and oxygen atoms in total. The highest BCUT2D eigenvalue weighted by atomic mass is 32.2. The van der Waals surface area contributed by atoms with Crippen molar-refractivity contribution in [3.05, 3.63) is 30.5 Å². The van der Waals surface area contributed by atoms with Crippen LogP contribution in [0.1, 0.15) is 13.3 Å². The van der Waals surface area contributed by atoms with Gasteiger partial charge in [-0.15, -0.1) is 11.8 Å². The lowest BCUT2D eigenvalue weighted by atomic mass is 10.1. The summed E-state index contributed by atoms with van der Waals surface area (Å²) in [7, 11) is 1.63. The number of rotatable bonds is 5. The quantitative estimate of drug-likeness (QED) is 0.850. The molecule has 0 aliphatic heterocycles. The maximum Gasteiger partial charge on any atom is 0.304 e. The number of hydrogen-bond donors (Lipinski definition) is 1. The first-order valence-corrected chi connectivity index (χ1v) is 6.80. The minimum atomic E-state index is -0.794. The molecule has 1 aromatic carbocycles. The van der Waals surface area contributed by atoms with Crippen LogP contribution in [0.5, 0.6) is 5.75 Å². The standard InChI is InChI=1S/C14H15NO3S/c1-9(8-13(16)17)19-14-11-4-3-5-12(18-2)10(11)6-7-15-14/h3-7,9H,8H2,1-2H3,(H,16,17). The second-order valence-electron chi connectivity index (χ2n) is 4.20. The number of aliphatic carboxylic acids is 1. The Bertz CT molecular complexity index is 600. The topological polar surface area (TPSA) is 59.4 Å². The summed E-state index contributed by atoms with van der Waals surface area (Å²) >= 11 is 1.47. The first kappa shape index (κ1) is 13.7. The highest BCUT2D eigenvalue weighted by Gasteiger charge is 2.13. The van der Waals surface area contributed by atoms with Crippen LogP contribution >= 0.6 is 11.8 Å². The zero-order valence-electron chi connectivity index (χ0n) is 10.8. The van der Waals surface area contributed by atoms with Gasteiger partial charge in [-0.2, -0.15) is 0 Å². The molecule has 0 aliphatic carbocycles. The molecule has 0 spiro atoms. The summed E-state index contributed by atoms with van der Waals surface area (Å²) in [4.78, 5) is 15.1. The number of methoxy groups -OCH3 is 1. The first-order valence-electron chi connectivity index (χ1n) is 5.92. The van der Waals surface area contributed by atoms with Gasteiger partial charge in [0.2, 0.25) is 0 Å². The average Bonchev–Trinajstić information content (AvgIpc) is 2.37. The predicted molar refractivity (Wildman–Crippen MR) is 75.9 cm³/mol. The Morgan fingerprint density at radius 3 is 2.89 bits per heavy atom. The van der Waals surface area contributed by atoms with Gasteiger partial charge in [0.25, 0.3) is 0 Å². The van der Waals surface area contributed by atoms with Crippen LogP contribution in [0, 0.1) is 0 Å². The van der Waals surface area contributed by atoms with Crippen molar-refractivity contribution in [3.8, 4) is 5.75 Å². The zero-order chi connectivity index (χ0) is 13.8. The zero-order valence-corrected chi connectivity index (χ0v) is 11.6. The second-order valence-corrected chi connectivity index (χ2v) is 5.62. The molecular weight excluding hydrogens is 262 g/mol. The van der Waals surface area contributed by atoms with E-state index < -0.39 is 5.97 Å². The molecule has 19 heavy (non-hydrogen) atoms. The molecule has 0 radical (unpaired) electrons. The number of fused-ring (bicyclic) bond motifs is 1. The first-order chi connectivity index (χ1) is 9.11. The smallest absolute Gasteiger partial charge is 0.304 e. The minimum absolute atomic E-state index is 0.0261. The maximum atomic E-state index is 10.7. The third-order valence-electron chi connectivity index (χ3n) is 2.72. The van der Waals surface area contributed by atoms with Crippen LogP contribution in [0.3, 0.4) is 0 Å². The van der Waals surface area contributed by atoms with Gasteiger partial charge in [0.15, 0.2) is 0 Å². The number of thioether (sulfide) groups is 1. The lowest BCUT2D eigenvalue weighted by Crippen LogP contribution is -2.05. The Labute approximate surface area is 115 Å². The number of carboxylic acids is 1. The number of ether oxygens (including phenoxy) is 1. The van der Waals surface area contributed by atoms with Crippen molar-refractivity contribution in [1.82, 2.24) is 4.98 Å². The summed E-state index contributed by atoms with van der Waals surface area (Å²) in [6.07, 6.45) is 1.84. The molecule has 0 saturated heterocycles. The maximum absolute atomic E-state index is 10.7. The van der Waals surface area contributed by atoms with Gasteiger partial charge in [0.1, 0.15) is 10.8 Å². The van der Waals surface area contributed by atoms with Crippen molar-refractivity contribution in [2.45, 2.75) is 23.6 Å². The molecule has 0 amide bonds. The SMILES string of the molecule is COc1cccc2c(SC(C)CC(=O)O)nccc12. The lowest BCUT2D eigenvalue weighted by Gasteiger charge is -2.11. The van der Waals surface area contributed by atoms with Gasteiger partial charge in [0.05, 0.1) is 13.5 Å². The van der Waals surface area contributed by atoms with Gasteiger partial charge < -0.3 is 9.84 Å². The number of carbonyl (C=O) groups is 1. The van der Waals surface area contributed by atoms with Gasteiger partial charge in [-0.05, 0) is 12.1 Å². The van der Waals surface area contributed by atoms with E-state index in [1.165, 1.54) is 11.8 Å². The van der Waals surface area contributed by atoms with E-state index in [1.54, 1.807) is 13.3 Å². The Kier molecular flexibility index (Phi) is 4.27. The summed E-state index contributed by atoms with van der Waals surface area (Å²) in [6.45, 7) is 1.89. The third-order valence-corrected chi connectivity index (χ3v) is 3.84. The molecule has 5 heteroatoms. The van der Waals surface area contributed by atoms with E-state index in [2.05, 4.69) is 4.98 Å². The Hall–Kier alpha value is -1.75. The Morgan fingerprint density at radius 2 is 2.21 bits per heavy atom. The van der Waals surface area contributed by atoms with Gasteiger partial charge in [-0.1, -0.05) is 19.1 Å². The van der Waals surface area contributed by atoms with Crippen molar-refractivity contribution < 1.29 is 14.6 Å². The van der Waals surface area contributed by atoms with Crippen LogP contribution in [0.4, 0.5) is 0 Å². The average molecular weight is 277 g/mol. The number of benzene rings is 1. The molecule has 1 atom stereocenters. The highest BCUT2D eigenvalue weighted by molar-refractivity contribution is 8.00.